The smallest absolute Gasteiger partial charge is 0.410 e. The van der Waals surface area contributed by atoms with E-state index < -0.39 is 41.0 Å². The van der Waals surface area contributed by atoms with Gasteiger partial charge >= 0.3 is 6.09 Å². The normalized spacial score (nSPS) is 11.2. The van der Waals surface area contributed by atoms with Crippen LogP contribution < -0.4 is 31.9 Å². The molecule has 0 aliphatic heterocycles. The van der Waals surface area contributed by atoms with Gasteiger partial charge in [0.1, 0.15) is 17.0 Å². The Labute approximate surface area is 422 Å². The van der Waals surface area contributed by atoms with Crippen molar-refractivity contribution in [2.45, 2.75) is 52.1 Å². The average molecular weight is 1010 g/mol. The molecule has 73 heavy (non-hydrogen) atoms. The van der Waals surface area contributed by atoms with E-state index in [2.05, 4.69) is 51.8 Å². The second-order valence-corrected chi connectivity index (χ2v) is 18.6. The number of rotatable bonds is 23. The predicted molar refractivity (Wildman–Crippen MR) is 270 cm³/mol. The van der Waals surface area contributed by atoms with Gasteiger partial charge in [-0.25, -0.2) is 19.7 Å². The topological polar surface area (TPSA) is 291 Å². The van der Waals surface area contributed by atoms with Gasteiger partial charge in [-0.05, 0) is 65.9 Å². The fourth-order valence-corrected chi connectivity index (χ4v) is 7.29. The van der Waals surface area contributed by atoms with Gasteiger partial charge in [-0.1, -0.05) is 0 Å². The standard InChI is InChI=1S/C47H67N17O9/c1-47(2,3)73-46(72)60(7)22-13-20-57(4)19-12-21-58(5)37(66)15-17-50-43(69)39-54-34(28-63(39)10)53-36(65)14-16-49-41(67)32-24-30(26-61(32)8)52-45(71)40-55-35(29-64(40)11)56-42(68)33-25-31(27-62(33)9)51-44(70)38-48-18-23-59(38)6/h18,23-29H,12-17,19-22H2,1-11H3,(H,49,67)(H,50,69)(H,51,70)(H,52,71)(H,53,65)(H,56,68). The van der Waals surface area contributed by atoms with E-state index in [0.29, 0.717) is 18.8 Å². The number of aromatic nitrogens is 8. The summed E-state index contributed by atoms with van der Waals surface area (Å²) in [5.41, 5.74) is 0.511. The molecule has 394 valence electrons. The highest BCUT2D eigenvalue weighted by Gasteiger charge is 2.23. The molecule has 5 aromatic rings. The molecule has 0 atom stereocenters. The molecule has 0 bridgehead atoms. The molecule has 0 aliphatic rings. The van der Waals surface area contributed by atoms with Gasteiger partial charge < -0.3 is 74.2 Å². The van der Waals surface area contributed by atoms with E-state index in [9.17, 15) is 38.4 Å². The van der Waals surface area contributed by atoms with E-state index in [-0.39, 0.29) is 84.1 Å². The lowest BCUT2D eigenvalue weighted by atomic mass is 10.2. The lowest BCUT2D eigenvalue weighted by Gasteiger charge is -2.25. The summed E-state index contributed by atoms with van der Waals surface area (Å²) in [6.45, 7) is 8.16. The zero-order valence-corrected chi connectivity index (χ0v) is 43.3. The van der Waals surface area contributed by atoms with E-state index in [1.54, 1.807) is 76.1 Å². The maximum atomic E-state index is 13.3. The minimum absolute atomic E-state index is 0.0233. The van der Waals surface area contributed by atoms with Crippen molar-refractivity contribution in [1.82, 2.24) is 63.1 Å². The Bertz CT molecular complexity index is 2810. The van der Waals surface area contributed by atoms with Crippen molar-refractivity contribution in [2.75, 3.05) is 81.7 Å². The molecule has 0 spiro atoms. The van der Waals surface area contributed by atoms with Gasteiger partial charge in [0.25, 0.3) is 29.5 Å². The zero-order valence-electron chi connectivity index (χ0n) is 43.3. The van der Waals surface area contributed by atoms with Gasteiger partial charge in [0.05, 0.1) is 11.4 Å². The van der Waals surface area contributed by atoms with Crippen LogP contribution in [0.2, 0.25) is 0 Å². The number of hydrogen-bond acceptors (Lipinski definition) is 13. The van der Waals surface area contributed by atoms with E-state index in [1.807, 2.05) is 27.8 Å². The van der Waals surface area contributed by atoms with Gasteiger partial charge in [0.2, 0.25) is 23.5 Å². The molecule has 6 N–H and O–H groups in total. The number of hydrogen-bond donors (Lipinski definition) is 6. The molecule has 5 rings (SSSR count). The molecule has 0 fully saturated rings. The lowest BCUT2D eigenvalue weighted by Crippen LogP contribution is -2.36. The monoisotopic (exact) mass is 1010 g/mol. The third kappa shape index (κ3) is 16.1. The Morgan fingerprint density at radius 2 is 1.07 bits per heavy atom. The summed E-state index contributed by atoms with van der Waals surface area (Å²) in [5, 5.41) is 16.1. The Morgan fingerprint density at radius 3 is 1.63 bits per heavy atom. The van der Waals surface area contributed by atoms with Gasteiger partial charge in [-0.15, -0.1) is 0 Å². The third-order valence-corrected chi connectivity index (χ3v) is 11.1. The van der Waals surface area contributed by atoms with E-state index >= 15 is 0 Å². The zero-order chi connectivity index (χ0) is 53.7. The first kappa shape index (κ1) is 55.6. The highest BCUT2D eigenvalue weighted by atomic mass is 16.6. The van der Waals surface area contributed by atoms with Crippen LogP contribution in [0, 0.1) is 0 Å². The van der Waals surface area contributed by atoms with Crippen molar-refractivity contribution in [3.8, 4) is 0 Å². The van der Waals surface area contributed by atoms with E-state index in [0.717, 1.165) is 25.9 Å². The van der Waals surface area contributed by atoms with E-state index in [4.69, 9.17) is 4.74 Å². The number of nitrogens with one attached hydrogen (secondary N) is 6. The maximum absolute atomic E-state index is 13.3. The van der Waals surface area contributed by atoms with Gasteiger partial charge in [-0.2, -0.15) is 0 Å². The van der Waals surface area contributed by atoms with Crippen molar-refractivity contribution in [3.63, 3.8) is 0 Å². The summed E-state index contributed by atoms with van der Waals surface area (Å²) in [5.74, 6) is -2.85. The fourth-order valence-electron chi connectivity index (χ4n) is 7.29. The summed E-state index contributed by atoms with van der Waals surface area (Å²) >= 11 is 0. The minimum atomic E-state index is -0.619. The molecular weight excluding hydrogens is 947 g/mol. The van der Waals surface area contributed by atoms with Crippen LogP contribution in [0.5, 0.6) is 0 Å². The third-order valence-electron chi connectivity index (χ3n) is 11.1. The summed E-state index contributed by atoms with van der Waals surface area (Å²) in [6, 6.07) is 2.95. The molecule has 0 aromatic carbocycles. The van der Waals surface area contributed by atoms with Crippen LogP contribution in [0.25, 0.3) is 0 Å². The van der Waals surface area contributed by atoms with Crippen LogP contribution in [-0.4, -0.2) is 166 Å². The number of amides is 8. The van der Waals surface area contributed by atoms with Crippen LogP contribution in [-0.2, 0) is 49.6 Å². The summed E-state index contributed by atoms with van der Waals surface area (Å²) in [4.78, 5) is 121. The van der Waals surface area contributed by atoms with Crippen LogP contribution in [0.4, 0.5) is 27.8 Å². The van der Waals surface area contributed by atoms with Gasteiger partial charge in [0.15, 0.2) is 17.5 Å². The quantitative estimate of drug-likeness (QED) is 0.0548. The highest BCUT2D eigenvalue weighted by Crippen LogP contribution is 2.19. The first-order valence-corrected chi connectivity index (χ1v) is 23.4. The van der Waals surface area contributed by atoms with Gasteiger partial charge in [0, 0.05) is 126 Å². The Hall–Kier alpha value is -8.29. The van der Waals surface area contributed by atoms with Crippen LogP contribution in [0.15, 0.2) is 49.3 Å². The van der Waals surface area contributed by atoms with Crippen molar-refractivity contribution in [3.05, 3.63) is 78.2 Å². The number of imidazole rings is 3. The number of nitrogens with zero attached hydrogens (tertiary/aromatic N) is 11. The number of aryl methyl sites for hydroxylation is 5. The van der Waals surface area contributed by atoms with Crippen molar-refractivity contribution in [2.24, 2.45) is 35.2 Å². The minimum Gasteiger partial charge on any atom is -0.444 e. The summed E-state index contributed by atoms with van der Waals surface area (Å²) < 4.78 is 12.8. The molecule has 26 nitrogen and oxygen atoms in total. The Morgan fingerprint density at radius 1 is 0.562 bits per heavy atom. The molecule has 0 radical (unpaired) electrons. The maximum Gasteiger partial charge on any atom is 0.410 e. The second-order valence-electron chi connectivity index (χ2n) is 18.6. The van der Waals surface area contributed by atoms with Gasteiger partial charge in [-0.3, -0.25) is 33.6 Å². The SMILES string of the molecule is CN(CCCN(C)C(=O)CCNC(=O)c1nc(NC(=O)CCNC(=O)c2cc(NC(=O)c3nc(NC(=O)c4cc(NC(=O)c5nccn5C)cn4C)cn3C)cn2C)cn1C)CCCN(C)C(=O)OC(C)(C)C. The molecule has 8 amide bonds. The average Bonchev–Trinajstić information content (AvgIpc) is 4.14. The van der Waals surface area contributed by atoms with E-state index in [1.165, 1.54) is 55.2 Å². The largest absolute Gasteiger partial charge is 0.444 e. The number of carbonyl (C=O) groups excluding carboxylic acids is 8. The molecule has 5 heterocycles. The molecule has 0 saturated carbocycles. The number of carbonyl (C=O) groups is 8. The van der Waals surface area contributed by atoms with Crippen molar-refractivity contribution < 1.29 is 43.1 Å². The summed E-state index contributed by atoms with van der Waals surface area (Å²) in [7, 11) is 13.5. The lowest BCUT2D eigenvalue weighted by molar-refractivity contribution is -0.129. The van der Waals surface area contributed by atoms with Crippen LogP contribution in [0.3, 0.4) is 0 Å². The van der Waals surface area contributed by atoms with Crippen LogP contribution in [0.1, 0.15) is 99.3 Å². The molecule has 26 heteroatoms. The number of anilines is 4. The second kappa shape index (κ2) is 24.7. The summed E-state index contributed by atoms with van der Waals surface area (Å²) in [6.07, 6.45) is 10.3. The molecule has 0 unspecified atom stereocenters. The Balaban J connectivity index is 0.988. The highest BCUT2D eigenvalue weighted by molar-refractivity contribution is 6.07. The molecule has 0 aliphatic carbocycles. The molecular formula is C47H67N17O9. The van der Waals surface area contributed by atoms with Crippen molar-refractivity contribution in [1.29, 1.82) is 0 Å². The predicted octanol–water partition coefficient (Wildman–Crippen LogP) is 2.24. The Kier molecular flexibility index (Phi) is 18.8. The van der Waals surface area contributed by atoms with Crippen molar-refractivity contribution >= 4 is 70.5 Å². The van der Waals surface area contributed by atoms with Crippen LogP contribution >= 0.6 is 0 Å². The fraction of sp³-hybridized carbons (Fsp3) is 0.468. The number of ether oxygens (including phenoxy) is 1. The molecule has 5 aromatic heterocycles. The first-order chi connectivity index (χ1) is 34.4. The first-order valence-electron chi connectivity index (χ1n) is 23.4. The molecule has 0 saturated heterocycles.